The summed E-state index contributed by atoms with van der Waals surface area (Å²) < 4.78 is 88.9. The largest absolute Gasteiger partial charge is 0.405 e. The molecule has 15 heteroatoms. The first-order valence-electron chi connectivity index (χ1n) is 12.6. The maximum absolute atomic E-state index is 13.2. The van der Waals surface area contributed by atoms with Gasteiger partial charge in [-0.2, -0.15) is 22.0 Å². The smallest absolute Gasteiger partial charge is 0.353 e. The molecule has 2 N–H and O–H groups in total. The molecule has 42 heavy (non-hydrogen) atoms. The van der Waals surface area contributed by atoms with Crippen LogP contribution in [0.2, 0.25) is 0 Å². The molecule has 0 unspecified atom stereocenters. The van der Waals surface area contributed by atoms with Crippen LogP contribution in [0.1, 0.15) is 16.1 Å². The molecule has 0 bridgehead atoms. The number of hydrogen-bond donors (Lipinski definition) is 2. The number of benzene rings is 1. The van der Waals surface area contributed by atoms with Crippen LogP contribution in [0.5, 0.6) is 0 Å². The van der Waals surface area contributed by atoms with Crippen LogP contribution in [-0.4, -0.2) is 66.9 Å². The van der Waals surface area contributed by atoms with E-state index < -0.39 is 38.6 Å². The topological polar surface area (TPSA) is 117 Å². The second-order valence-electron chi connectivity index (χ2n) is 9.46. The Labute approximate surface area is 236 Å². The Morgan fingerprint density at radius 1 is 1.05 bits per heavy atom. The zero-order chi connectivity index (χ0) is 30.1. The second-order valence-corrected chi connectivity index (χ2v) is 11.4. The first kappa shape index (κ1) is 29.3. The van der Waals surface area contributed by atoms with Crippen molar-refractivity contribution >= 4 is 32.5 Å². The minimum atomic E-state index is -4.86. The number of aromatic nitrogens is 3. The molecule has 220 valence electrons. The molecule has 1 amide bonds. The van der Waals surface area contributed by atoms with E-state index in [-0.39, 0.29) is 25.2 Å². The number of sulfone groups is 1. The van der Waals surface area contributed by atoms with Crippen molar-refractivity contribution in [1.29, 1.82) is 0 Å². The molecule has 0 spiro atoms. The molecule has 1 aliphatic rings. The highest BCUT2D eigenvalue weighted by Crippen LogP contribution is 2.27. The average Bonchev–Trinajstić information content (AvgIpc) is 2.99. The van der Waals surface area contributed by atoms with E-state index in [2.05, 4.69) is 25.6 Å². The molecule has 0 aliphatic carbocycles. The highest BCUT2D eigenvalue weighted by atomic mass is 32.2. The van der Waals surface area contributed by atoms with Gasteiger partial charge in [0.15, 0.2) is 0 Å². The molecule has 1 atom stereocenters. The van der Waals surface area contributed by atoms with E-state index in [0.717, 1.165) is 12.1 Å². The fraction of sp³-hybridized carbons (Fsp3) is 0.259. The summed E-state index contributed by atoms with van der Waals surface area (Å²) in [6, 6.07) is 12.9. The number of anilines is 1. The fourth-order valence-electron chi connectivity index (χ4n) is 4.41. The summed E-state index contributed by atoms with van der Waals surface area (Å²) in [4.78, 5) is 27.0. The van der Waals surface area contributed by atoms with E-state index in [1.165, 1.54) is 12.1 Å². The van der Waals surface area contributed by atoms with Crippen LogP contribution in [0.4, 0.5) is 27.8 Å². The monoisotopic (exact) mass is 606 g/mol. The molecule has 9 nitrogen and oxygen atoms in total. The molecule has 0 saturated carbocycles. The molecular formula is C27H23F5N6O3S. The molecule has 4 heterocycles. The van der Waals surface area contributed by atoms with Gasteiger partial charge in [-0.15, -0.1) is 0 Å². The van der Waals surface area contributed by atoms with E-state index in [1.807, 2.05) is 0 Å². The minimum Gasteiger partial charge on any atom is -0.353 e. The molecular weight excluding hydrogens is 583 g/mol. The Morgan fingerprint density at radius 2 is 1.81 bits per heavy atom. The predicted octanol–water partition coefficient (Wildman–Crippen LogP) is 3.96. The summed E-state index contributed by atoms with van der Waals surface area (Å²) in [6.45, 7) is 0.194. The number of rotatable bonds is 7. The van der Waals surface area contributed by atoms with Crippen molar-refractivity contribution in [3.63, 3.8) is 0 Å². The number of fused-ring (bicyclic) bond motifs is 1. The zero-order valence-electron chi connectivity index (χ0n) is 21.6. The lowest BCUT2D eigenvalue weighted by Crippen LogP contribution is -2.57. The third-order valence-electron chi connectivity index (χ3n) is 6.61. The number of pyridine rings is 3. The maximum atomic E-state index is 13.2. The lowest BCUT2D eigenvalue weighted by molar-refractivity contribution is -0.155. The van der Waals surface area contributed by atoms with Crippen molar-refractivity contribution in [2.45, 2.75) is 29.4 Å². The van der Waals surface area contributed by atoms with Gasteiger partial charge in [0.05, 0.1) is 34.0 Å². The van der Waals surface area contributed by atoms with Crippen LogP contribution in [0.25, 0.3) is 22.3 Å². The van der Waals surface area contributed by atoms with Gasteiger partial charge in [-0.3, -0.25) is 9.78 Å². The first-order chi connectivity index (χ1) is 19.9. The van der Waals surface area contributed by atoms with Crippen LogP contribution in [0.3, 0.4) is 0 Å². The van der Waals surface area contributed by atoms with Gasteiger partial charge in [0.2, 0.25) is 9.84 Å². The molecule has 5 rings (SSSR count). The maximum Gasteiger partial charge on any atom is 0.405 e. The van der Waals surface area contributed by atoms with E-state index in [4.69, 9.17) is 0 Å². The van der Waals surface area contributed by atoms with E-state index in [9.17, 15) is 35.2 Å². The van der Waals surface area contributed by atoms with E-state index in [0.29, 0.717) is 40.3 Å². The van der Waals surface area contributed by atoms with Crippen molar-refractivity contribution in [1.82, 2.24) is 25.6 Å². The molecule has 1 saturated heterocycles. The number of halogens is 5. The molecule has 3 aromatic heterocycles. The van der Waals surface area contributed by atoms with Crippen LogP contribution < -0.4 is 15.5 Å². The lowest BCUT2D eigenvalue weighted by Gasteiger charge is -2.35. The summed E-state index contributed by atoms with van der Waals surface area (Å²) in [7, 11) is -4.86. The Hall–Kier alpha value is -4.24. The van der Waals surface area contributed by atoms with Gasteiger partial charge < -0.3 is 15.5 Å². The number of nitrogens with zero attached hydrogens (tertiary/aromatic N) is 4. The van der Waals surface area contributed by atoms with Crippen molar-refractivity contribution in [2.75, 3.05) is 24.5 Å². The molecule has 1 aromatic carbocycles. The van der Waals surface area contributed by atoms with Crippen molar-refractivity contribution in [2.24, 2.45) is 0 Å². The Bertz CT molecular complexity index is 1740. The second kappa shape index (κ2) is 11.6. The standard InChI is InChI=1S/C27H23F5N6O3S/c28-26(29)42(40,41)19-4-1-3-16(11-19)25(39)35-14-18-12-22-17(13-34-18)7-8-21(36-22)20-5-2-6-24(37-20)38-10-9-33-23(15-38)27(30,31)32/h1-8,11-13,23,26,33H,9-10,14-15H2,(H,35,39)/t23-/m0/s1. The number of carbonyl (C=O) groups excluding carboxylic acids is 1. The summed E-state index contributed by atoms with van der Waals surface area (Å²) in [5.74, 6) is -3.91. The van der Waals surface area contributed by atoms with Gasteiger partial charge >= 0.3 is 11.9 Å². The highest BCUT2D eigenvalue weighted by Gasteiger charge is 2.42. The first-order valence-corrected chi connectivity index (χ1v) is 14.1. The van der Waals surface area contributed by atoms with Crippen molar-refractivity contribution in [3.8, 4) is 11.4 Å². The quantitative estimate of drug-likeness (QED) is 0.304. The Balaban J connectivity index is 1.32. The summed E-state index contributed by atoms with van der Waals surface area (Å²) in [5.41, 5.74) is 1.75. The third kappa shape index (κ3) is 6.31. The zero-order valence-corrected chi connectivity index (χ0v) is 22.5. The van der Waals surface area contributed by atoms with E-state index in [1.54, 1.807) is 47.5 Å². The predicted molar refractivity (Wildman–Crippen MR) is 144 cm³/mol. The van der Waals surface area contributed by atoms with Gasteiger partial charge in [-0.25, -0.2) is 18.4 Å². The van der Waals surface area contributed by atoms with Gasteiger partial charge in [-0.05, 0) is 48.5 Å². The molecule has 1 aliphatic heterocycles. The summed E-state index contributed by atoms with van der Waals surface area (Å²) in [6.07, 6.45) is -2.83. The van der Waals surface area contributed by atoms with Crippen molar-refractivity contribution in [3.05, 3.63) is 78.1 Å². The van der Waals surface area contributed by atoms with Crippen molar-refractivity contribution < 1.29 is 35.2 Å². The number of alkyl halides is 5. The molecule has 1 fully saturated rings. The van der Waals surface area contributed by atoms with E-state index >= 15 is 0 Å². The van der Waals surface area contributed by atoms with Gasteiger partial charge in [0, 0.05) is 36.8 Å². The summed E-state index contributed by atoms with van der Waals surface area (Å²) >= 11 is 0. The number of hydrogen-bond acceptors (Lipinski definition) is 8. The Kier molecular flexibility index (Phi) is 8.06. The van der Waals surface area contributed by atoms with Gasteiger partial charge in [0.1, 0.15) is 11.9 Å². The number of piperazine rings is 1. The van der Waals surface area contributed by atoms with Crippen LogP contribution >= 0.6 is 0 Å². The van der Waals surface area contributed by atoms with Crippen LogP contribution in [0.15, 0.2) is 71.8 Å². The number of carbonyl (C=O) groups is 1. The minimum absolute atomic E-state index is 0.0659. The normalized spacial score (nSPS) is 16.1. The highest BCUT2D eigenvalue weighted by molar-refractivity contribution is 7.91. The number of amides is 1. The average molecular weight is 607 g/mol. The van der Waals surface area contributed by atoms with Gasteiger partial charge in [-0.1, -0.05) is 12.1 Å². The number of nitrogens with one attached hydrogen (secondary N) is 2. The Morgan fingerprint density at radius 3 is 2.57 bits per heavy atom. The third-order valence-corrected chi connectivity index (χ3v) is 7.99. The van der Waals surface area contributed by atoms with Crippen LogP contribution in [-0.2, 0) is 16.4 Å². The summed E-state index contributed by atoms with van der Waals surface area (Å²) in [5, 5.41) is 5.74. The van der Waals surface area contributed by atoms with Gasteiger partial charge in [0.25, 0.3) is 5.91 Å². The fourth-order valence-corrected chi connectivity index (χ4v) is 5.17. The SMILES string of the molecule is O=C(NCc1cc2nc(-c3cccc(N4CCN[C@H](C(F)(F)F)C4)n3)ccc2cn1)c1cccc(S(=O)(=O)C(F)F)c1. The van der Waals surface area contributed by atoms with Crippen LogP contribution in [0, 0.1) is 0 Å². The lowest BCUT2D eigenvalue weighted by atomic mass is 10.1. The molecule has 0 radical (unpaired) electrons. The molecule has 4 aromatic rings.